The molecule has 0 unspecified atom stereocenters. The molecule has 1 rings (SSSR count). The van der Waals surface area contributed by atoms with Gasteiger partial charge in [0.1, 0.15) is 5.82 Å². The molecule has 2 heteroatoms. The average molecular weight is 159 g/mol. The van der Waals surface area contributed by atoms with Crippen LogP contribution in [0.15, 0.2) is 18.3 Å². The number of nitrogens with two attached hydrogens (primary N) is 1. The van der Waals surface area contributed by atoms with Gasteiger partial charge in [0.05, 0.1) is 0 Å². The molecule has 0 bridgehead atoms. The van der Waals surface area contributed by atoms with Crippen LogP contribution < -0.4 is 5.73 Å². The maximum absolute atomic E-state index is 7.49. The topological polar surface area (TPSA) is 38.9 Å². The molecule has 60 valence electrons. The molecule has 0 saturated heterocycles. The summed E-state index contributed by atoms with van der Waals surface area (Å²) in [5.41, 5.74) is 1.93. The molecule has 0 aliphatic carbocycles. The number of rotatable bonds is 0. The highest BCUT2D eigenvalue weighted by Crippen LogP contribution is 2.20. The van der Waals surface area contributed by atoms with E-state index in [1.165, 1.54) is 6.07 Å². The predicted octanol–water partition coefficient (Wildman–Crippen LogP) is 1.96. The van der Waals surface area contributed by atoms with E-state index in [-0.39, 0.29) is 5.82 Å². The van der Waals surface area contributed by atoms with E-state index in [2.05, 4.69) is 4.98 Å². The number of nitrogen functional groups attached to an aromatic ring is 1. The van der Waals surface area contributed by atoms with E-state index in [0.29, 0.717) is 0 Å². The van der Waals surface area contributed by atoms with E-state index < -0.39 is 31.5 Å². The zero-order valence-electron chi connectivity index (χ0n) is 14.8. The van der Waals surface area contributed by atoms with Crippen molar-refractivity contribution in [1.29, 1.82) is 0 Å². The Labute approximate surface area is 80.1 Å². The molecule has 0 fully saturated rings. The van der Waals surface area contributed by atoms with Crippen LogP contribution in [0.2, 0.25) is 0 Å². The van der Waals surface area contributed by atoms with Crippen molar-refractivity contribution in [3.63, 3.8) is 0 Å². The van der Waals surface area contributed by atoms with Crippen molar-refractivity contribution in [1.82, 2.24) is 4.98 Å². The molecule has 0 radical (unpaired) electrons. The van der Waals surface area contributed by atoms with Gasteiger partial charge in [-0.15, -0.1) is 0 Å². The minimum Gasteiger partial charge on any atom is -0.384 e. The van der Waals surface area contributed by atoms with Crippen LogP contribution >= 0.6 is 0 Å². The summed E-state index contributed by atoms with van der Waals surface area (Å²) in [5.74, 6) is 0.0317. The van der Waals surface area contributed by atoms with Crippen molar-refractivity contribution in [3.05, 3.63) is 23.9 Å². The molecule has 2 N–H and O–H groups in total. The molecule has 0 spiro atoms. The molecule has 0 aromatic carbocycles. The summed E-state index contributed by atoms with van der Waals surface area (Å²) in [6, 6.07) is 2.25. The van der Waals surface area contributed by atoms with E-state index in [1.54, 1.807) is 0 Å². The standard InChI is InChI=1S/C9H14N2/c1-9(2,3)7-4-5-8(10)11-6-7/h4-6H,1-3H3,(H2,10,11)/i1D3,2D3,3D3. The lowest BCUT2D eigenvalue weighted by atomic mass is 9.88. The van der Waals surface area contributed by atoms with Crippen LogP contribution in [0.3, 0.4) is 0 Å². The summed E-state index contributed by atoms with van der Waals surface area (Å²) in [6.07, 6.45) is 0.889. The Morgan fingerprint density at radius 1 is 1.45 bits per heavy atom. The van der Waals surface area contributed by atoms with Crippen LogP contribution in [-0.4, -0.2) is 4.98 Å². The molecular weight excluding hydrogens is 136 g/mol. The Morgan fingerprint density at radius 2 is 2.18 bits per heavy atom. The number of anilines is 1. The van der Waals surface area contributed by atoms with Crippen molar-refractivity contribution in [2.45, 2.75) is 26.0 Å². The van der Waals surface area contributed by atoms with E-state index in [4.69, 9.17) is 18.1 Å². The lowest BCUT2D eigenvalue weighted by molar-refractivity contribution is 0.588. The monoisotopic (exact) mass is 159 g/mol. The smallest absolute Gasteiger partial charge is 0.123 e. The molecule has 0 atom stereocenters. The lowest BCUT2D eigenvalue weighted by Gasteiger charge is -2.17. The minimum absolute atomic E-state index is 0.0317. The zero-order valence-corrected chi connectivity index (χ0v) is 5.76. The lowest BCUT2D eigenvalue weighted by Crippen LogP contribution is -2.11. The van der Waals surface area contributed by atoms with E-state index in [1.807, 2.05) is 0 Å². The maximum Gasteiger partial charge on any atom is 0.123 e. The molecule has 11 heavy (non-hydrogen) atoms. The first-order chi connectivity index (χ1) is 8.75. The van der Waals surface area contributed by atoms with Gasteiger partial charge in [-0.2, -0.15) is 0 Å². The van der Waals surface area contributed by atoms with Crippen molar-refractivity contribution in [2.24, 2.45) is 0 Å². The molecule has 0 aliphatic heterocycles. The Bertz CT molecular complexity index is 432. The van der Waals surface area contributed by atoms with Gasteiger partial charge in [-0.25, -0.2) is 4.98 Å². The van der Waals surface area contributed by atoms with Crippen molar-refractivity contribution in [2.75, 3.05) is 5.73 Å². The Balaban J connectivity index is 3.77. The van der Waals surface area contributed by atoms with Crippen LogP contribution in [0, 0.1) is 0 Å². The fourth-order valence-corrected chi connectivity index (χ4v) is 0.627. The van der Waals surface area contributed by atoms with Gasteiger partial charge in [0, 0.05) is 18.5 Å². The summed E-state index contributed by atoms with van der Waals surface area (Å²) < 4.78 is 67.4. The van der Waals surface area contributed by atoms with Gasteiger partial charge in [0.25, 0.3) is 0 Å². The normalized spacial score (nSPS) is 27.1. The number of hydrogen-bond donors (Lipinski definition) is 1. The van der Waals surface area contributed by atoms with Gasteiger partial charge >= 0.3 is 0 Å². The van der Waals surface area contributed by atoms with Crippen molar-refractivity contribution < 1.29 is 12.3 Å². The Morgan fingerprint density at radius 3 is 2.64 bits per heavy atom. The second-order valence-electron chi connectivity index (χ2n) is 2.22. The van der Waals surface area contributed by atoms with Crippen LogP contribution in [0.4, 0.5) is 5.82 Å². The molecule has 2 nitrogen and oxygen atoms in total. The van der Waals surface area contributed by atoms with Crippen LogP contribution in [0.5, 0.6) is 0 Å². The Kier molecular flexibility index (Phi) is 0.511. The SMILES string of the molecule is [2H]C([2H])([2H])C(c1ccc(N)nc1)(C([2H])([2H])[2H])C([2H])([2H])[2H]. The van der Waals surface area contributed by atoms with Gasteiger partial charge < -0.3 is 5.73 Å². The van der Waals surface area contributed by atoms with Gasteiger partial charge in [0.2, 0.25) is 0 Å². The zero-order chi connectivity index (χ0) is 16.0. The van der Waals surface area contributed by atoms with Gasteiger partial charge in [-0.05, 0) is 17.0 Å². The maximum atomic E-state index is 7.49. The van der Waals surface area contributed by atoms with Gasteiger partial charge in [-0.3, -0.25) is 0 Å². The van der Waals surface area contributed by atoms with Crippen molar-refractivity contribution >= 4 is 5.82 Å². The molecule has 1 aromatic rings. The third-order valence-electron chi connectivity index (χ3n) is 1.22. The average Bonchev–Trinajstić information content (AvgIpc) is 2.14. The summed E-state index contributed by atoms with van der Waals surface area (Å²) in [4.78, 5) is 3.61. The van der Waals surface area contributed by atoms with Crippen molar-refractivity contribution in [3.8, 4) is 0 Å². The highest BCUT2D eigenvalue weighted by molar-refractivity contribution is 5.31. The summed E-state index contributed by atoms with van der Waals surface area (Å²) in [5, 5.41) is 0. The first-order valence-electron chi connectivity index (χ1n) is 7.47. The number of pyridine rings is 1. The van der Waals surface area contributed by atoms with E-state index in [9.17, 15) is 0 Å². The first kappa shape index (κ1) is 2.22. The molecule has 0 saturated carbocycles. The molecular formula is C9H14N2. The Hall–Kier alpha value is -1.05. The molecule has 0 aliphatic rings. The second kappa shape index (κ2) is 2.53. The second-order valence-corrected chi connectivity index (χ2v) is 2.22. The van der Waals surface area contributed by atoms with Crippen LogP contribution in [0.25, 0.3) is 0 Å². The van der Waals surface area contributed by atoms with Crippen LogP contribution in [-0.2, 0) is 5.41 Å². The summed E-state index contributed by atoms with van der Waals surface area (Å²) >= 11 is 0. The molecule has 1 aromatic heterocycles. The highest BCUT2D eigenvalue weighted by Gasteiger charge is 2.12. The summed E-state index contributed by atoms with van der Waals surface area (Å²) in [7, 11) is 0. The first-order valence-corrected chi connectivity index (χ1v) is 2.97. The number of hydrogen-bond acceptors (Lipinski definition) is 2. The fraction of sp³-hybridized carbons (Fsp3) is 0.444. The number of nitrogens with zero attached hydrogens (tertiary/aromatic N) is 1. The minimum atomic E-state index is -3.28. The summed E-state index contributed by atoms with van der Waals surface area (Å²) in [6.45, 7) is -9.83. The van der Waals surface area contributed by atoms with Gasteiger partial charge in [0.15, 0.2) is 0 Å². The molecule has 1 heterocycles. The van der Waals surface area contributed by atoms with Gasteiger partial charge in [-0.1, -0.05) is 26.6 Å². The third kappa shape index (κ3) is 1.93. The highest BCUT2D eigenvalue weighted by atomic mass is 14.8. The third-order valence-corrected chi connectivity index (χ3v) is 1.22. The van der Waals surface area contributed by atoms with E-state index >= 15 is 0 Å². The van der Waals surface area contributed by atoms with E-state index in [0.717, 1.165) is 12.3 Å². The fourth-order valence-electron chi connectivity index (χ4n) is 0.627. The van der Waals surface area contributed by atoms with Crippen LogP contribution in [0.1, 0.15) is 38.5 Å². The predicted molar refractivity (Wildman–Crippen MR) is 47.3 cm³/mol. The molecule has 0 amide bonds. The largest absolute Gasteiger partial charge is 0.384 e. The number of aromatic nitrogens is 1. The quantitative estimate of drug-likeness (QED) is 0.628.